The highest BCUT2D eigenvalue weighted by Gasteiger charge is 2.50. The van der Waals surface area contributed by atoms with Crippen LogP contribution in [-0.2, 0) is 16.9 Å². The van der Waals surface area contributed by atoms with Crippen LogP contribution in [0.15, 0.2) is 66.7 Å². The number of aliphatic hydroxyl groups is 1. The molecule has 0 saturated carbocycles. The normalized spacial score (nSPS) is 17.5. The van der Waals surface area contributed by atoms with E-state index in [1.165, 1.54) is 0 Å². The van der Waals surface area contributed by atoms with Crippen LogP contribution in [0.4, 0.5) is 5.69 Å². The molecule has 0 spiro atoms. The number of carbonyl (C=O) groups is 2. The van der Waals surface area contributed by atoms with Crippen LogP contribution in [0.5, 0.6) is 5.75 Å². The zero-order chi connectivity index (χ0) is 22.2. The minimum absolute atomic E-state index is 0.304. The Morgan fingerprint density at radius 2 is 1.74 bits per heavy atom. The van der Waals surface area contributed by atoms with Crippen molar-refractivity contribution in [2.75, 3.05) is 12.0 Å². The minimum atomic E-state index is -1.90. The van der Waals surface area contributed by atoms with Gasteiger partial charge in [0.05, 0.1) is 25.8 Å². The second kappa shape index (κ2) is 8.00. The molecule has 1 aliphatic heterocycles. The van der Waals surface area contributed by atoms with E-state index in [2.05, 4.69) is 0 Å². The first kappa shape index (κ1) is 20.8. The van der Waals surface area contributed by atoms with Gasteiger partial charge < -0.3 is 14.7 Å². The minimum Gasteiger partial charge on any atom is -0.497 e. The lowest BCUT2D eigenvalue weighted by molar-refractivity contribution is -0.136. The average molecular weight is 415 g/mol. The molecule has 1 unspecified atom stereocenters. The lowest BCUT2D eigenvalue weighted by atomic mass is 9.88. The Morgan fingerprint density at radius 3 is 2.45 bits per heavy atom. The van der Waals surface area contributed by atoms with E-state index < -0.39 is 11.5 Å². The van der Waals surface area contributed by atoms with Crippen molar-refractivity contribution in [2.24, 2.45) is 0 Å². The van der Waals surface area contributed by atoms with E-state index in [1.54, 1.807) is 48.4 Å². The van der Waals surface area contributed by atoms with Gasteiger partial charge in [-0.25, -0.2) is 0 Å². The number of fused-ring (bicyclic) bond motifs is 1. The van der Waals surface area contributed by atoms with Crippen LogP contribution in [0, 0.1) is 13.8 Å². The van der Waals surface area contributed by atoms with E-state index in [1.807, 2.05) is 44.2 Å². The van der Waals surface area contributed by atoms with Crippen LogP contribution in [-0.4, -0.2) is 23.9 Å². The maximum absolute atomic E-state index is 13.5. The Hall–Kier alpha value is -3.44. The molecule has 1 N–H and O–H groups in total. The van der Waals surface area contributed by atoms with Gasteiger partial charge in [-0.2, -0.15) is 0 Å². The number of amides is 1. The largest absolute Gasteiger partial charge is 0.497 e. The molecule has 0 radical (unpaired) electrons. The molecule has 0 bridgehead atoms. The van der Waals surface area contributed by atoms with Gasteiger partial charge in [0.15, 0.2) is 11.4 Å². The first-order valence-corrected chi connectivity index (χ1v) is 10.2. The number of anilines is 1. The maximum Gasteiger partial charge on any atom is 0.264 e. The summed E-state index contributed by atoms with van der Waals surface area (Å²) in [6.07, 6.45) is -0.321. The number of carbonyl (C=O) groups excluding carboxylic acids is 2. The number of ether oxygens (including phenoxy) is 1. The molecule has 0 saturated heterocycles. The van der Waals surface area contributed by atoms with Crippen LogP contribution in [0.3, 0.4) is 0 Å². The molecule has 158 valence electrons. The van der Waals surface area contributed by atoms with Gasteiger partial charge in [0.2, 0.25) is 0 Å². The molecule has 3 aromatic carbocycles. The van der Waals surface area contributed by atoms with E-state index in [0.717, 1.165) is 16.7 Å². The van der Waals surface area contributed by atoms with Gasteiger partial charge in [0, 0.05) is 11.1 Å². The Kier molecular flexibility index (Phi) is 5.38. The molecule has 4 rings (SSSR count). The van der Waals surface area contributed by atoms with Gasteiger partial charge in [-0.15, -0.1) is 0 Å². The summed E-state index contributed by atoms with van der Waals surface area (Å²) in [6.45, 7) is 4.34. The fraction of sp³-hybridized carbons (Fsp3) is 0.231. The number of benzene rings is 3. The Morgan fingerprint density at radius 1 is 1.03 bits per heavy atom. The third-order valence-electron chi connectivity index (χ3n) is 5.90. The average Bonchev–Trinajstić information content (AvgIpc) is 2.98. The summed E-state index contributed by atoms with van der Waals surface area (Å²) in [5, 5.41) is 11.5. The van der Waals surface area contributed by atoms with Crippen molar-refractivity contribution < 1.29 is 19.4 Å². The van der Waals surface area contributed by atoms with Crippen molar-refractivity contribution in [3.8, 4) is 5.75 Å². The molecule has 3 aromatic rings. The predicted molar refractivity (Wildman–Crippen MR) is 119 cm³/mol. The molecule has 1 amide bonds. The molecule has 0 aromatic heterocycles. The molecule has 1 aliphatic rings. The molecule has 5 nitrogen and oxygen atoms in total. The highest BCUT2D eigenvalue weighted by atomic mass is 16.5. The zero-order valence-corrected chi connectivity index (χ0v) is 17.9. The van der Waals surface area contributed by atoms with E-state index in [0.29, 0.717) is 29.1 Å². The van der Waals surface area contributed by atoms with Gasteiger partial charge in [-0.1, -0.05) is 42.0 Å². The lowest BCUT2D eigenvalue weighted by Crippen LogP contribution is -2.41. The summed E-state index contributed by atoms with van der Waals surface area (Å²) in [6, 6.07) is 19.9. The summed E-state index contributed by atoms with van der Waals surface area (Å²) in [5.41, 5.74) is 2.81. The van der Waals surface area contributed by atoms with Crippen LogP contribution in [0.1, 0.15) is 39.0 Å². The number of para-hydroxylation sites is 1. The molecular weight excluding hydrogens is 390 g/mol. The van der Waals surface area contributed by atoms with Gasteiger partial charge in [-0.05, 0) is 55.3 Å². The fourth-order valence-corrected chi connectivity index (χ4v) is 4.09. The summed E-state index contributed by atoms with van der Waals surface area (Å²) in [4.78, 5) is 28.0. The number of hydrogen-bond acceptors (Lipinski definition) is 4. The second-order valence-electron chi connectivity index (χ2n) is 8.03. The number of hydrogen-bond donors (Lipinski definition) is 1. The van der Waals surface area contributed by atoms with Gasteiger partial charge in [-0.3, -0.25) is 9.59 Å². The first-order chi connectivity index (χ1) is 14.8. The third kappa shape index (κ3) is 3.73. The molecule has 0 aliphatic carbocycles. The first-order valence-electron chi connectivity index (χ1n) is 10.2. The van der Waals surface area contributed by atoms with Gasteiger partial charge in [0.25, 0.3) is 5.91 Å². The molecular formula is C26H25NO4. The van der Waals surface area contributed by atoms with Crippen molar-refractivity contribution >= 4 is 17.4 Å². The smallest absolute Gasteiger partial charge is 0.264 e. The molecule has 1 atom stereocenters. The SMILES string of the molecule is COc1ccc(C(=O)CC2(O)C(=O)N(Cc3cc(C)ccc3C)c3ccccc32)cc1. The van der Waals surface area contributed by atoms with Crippen LogP contribution < -0.4 is 9.64 Å². The lowest BCUT2D eigenvalue weighted by Gasteiger charge is -2.23. The summed E-state index contributed by atoms with van der Waals surface area (Å²) >= 11 is 0. The third-order valence-corrected chi connectivity index (χ3v) is 5.90. The van der Waals surface area contributed by atoms with E-state index in [4.69, 9.17) is 4.74 Å². The van der Waals surface area contributed by atoms with E-state index in [-0.39, 0.29) is 12.2 Å². The standard InChI is InChI=1S/C26H25NO4/c1-17-8-9-18(2)20(14-17)16-27-23-7-5-4-6-22(23)26(30,25(27)29)15-24(28)19-10-12-21(31-3)13-11-19/h4-14,30H,15-16H2,1-3H3. The topological polar surface area (TPSA) is 66.8 Å². The number of ketones is 1. The number of nitrogens with zero attached hydrogens (tertiary/aromatic N) is 1. The number of methoxy groups -OCH3 is 1. The van der Waals surface area contributed by atoms with Crippen molar-refractivity contribution in [1.82, 2.24) is 0 Å². The quantitative estimate of drug-likeness (QED) is 0.609. The number of aryl methyl sites for hydroxylation is 2. The summed E-state index contributed by atoms with van der Waals surface area (Å²) in [7, 11) is 1.55. The monoisotopic (exact) mass is 415 g/mol. The van der Waals surface area contributed by atoms with E-state index in [9.17, 15) is 14.7 Å². The highest BCUT2D eigenvalue weighted by molar-refractivity contribution is 6.10. The summed E-state index contributed by atoms with van der Waals surface area (Å²) in [5.74, 6) is -0.143. The van der Waals surface area contributed by atoms with Crippen LogP contribution in [0.2, 0.25) is 0 Å². The van der Waals surface area contributed by atoms with Crippen LogP contribution >= 0.6 is 0 Å². The van der Waals surface area contributed by atoms with E-state index >= 15 is 0 Å². The van der Waals surface area contributed by atoms with Gasteiger partial charge >= 0.3 is 0 Å². The predicted octanol–water partition coefficient (Wildman–Crippen LogP) is 4.32. The van der Waals surface area contributed by atoms with Crippen molar-refractivity contribution in [3.63, 3.8) is 0 Å². The van der Waals surface area contributed by atoms with Gasteiger partial charge in [0.1, 0.15) is 5.75 Å². The van der Waals surface area contributed by atoms with Crippen LogP contribution in [0.25, 0.3) is 0 Å². The summed E-state index contributed by atoms with van der Waals surface area (Å²) < 4.78 is 5.13. The highest BCUT2D eigenvalue weighted by Crippen LogP contribution is 2.43. The number of Topliss-reactive ketones (excluding diaryl/α,β-unsaturated/α-hetero) is 1. The molecule has 31 heavy (non-hydrogen) atoms. The maximum atomic E-state index is 13.5. The zero-order valence-electron chi connectivity index (χ0n) is 17.9. The molecule has 0 fully saturated rings. The second-order valence-corrected chi connectivity index (χ2v) is 8.03. The van der Waals surface area contributed by atoms with Crippen molar-refractivity contribution in [1.29, 1.82) is 0 Å². The van der Waals surface area contributed by atoms with Crippen molar-refractivity contribution in [3.05, 3.63) is 94.5 Å². The van der Waals surface area contributed by atoms with Crippen molar-refractivity contribution in [2.45, 2.75) is 32.4 Å². The Bertz CT molecular complexity index is 1150. The fourth-order valence-electron chi connectivity index (χ4n) is 4.09. The number of rotatable bonds is 6. The Labute approximate surface area is 181 Å². The molecule has 5 heteroatoms. The Balaban J connectivity index is 1.67. The molecule has 1 heterocycles.